The van der Waals surface area contributed by atoms with Crippen LogP contribution in [0.5, 0.6) is 0 Å². The van der Waals surface area contributed by atoms with Crippen molar-refractivity contribution in [1.82, 2.24) is 10.2 Å². The molecule has 2 aliphatic rings. The van der Waals surface area contributed by atoms with E-state index in [0.29, 0.717) is 25.7 Å². The van der Waals surface area contributed by atoms with Crippen LogP contribution in [0.3, 0.4) is 0 Å². The van der Waals surface area contributed by atoms with Crippen LogP contribution in [-0.4, -0.2) is 62.9 Å². The third-order valence-corrected chi connectivity index (χ3v) is 3.88. The summed E-state index contributed by atoms with van der Waals surface area (Å²) >= 11 is 0. The van der Waals surface area contributed by atoms with E-state index in [1.54, 1.807) is 0 Å². The van der Waals surface area contributed by atoms with E-state index in [1.165, 1.54) is 0 Å². The molecule has 2 aliphatic heterocycles. The molecule has 2 heterocycles. The zero-order valence-electron chi connectivity index (χ0n) is 11.9. The highest BCUT2D eigenvalue weighted by Crippen LogP contribution is 2.12. The van der Waals surface area contributed by atoms with Crippen LogP contribution in [0.15, 0.2) is 0 Å². The fraction of sp³-hybridized carbons (Fsp3) is 0.929. The van der Waals surface area contributed by atoms with E-state index in [9.17, 15) is 4.79 Å². The molecule has 0 saturated carbocycles. The maximum atomic E-state index is 11.8. The van der Waals surface area contributed by atoms with Crippen molar-refractivity contribution in [2.75, 3.05) is 40.0 Å². The smallest absolute Gasteiger partial charge is 0.222 e. The number of carbonyl (C=O) groups is 1. The Balaban J connectivity index is 1.49. The van der Waals surface area contributed by atoms with Crippen molar-refractivity contribution in [2.24, 2.45) is 0 Å². The highest BCUT2D eigenvalue weighted by atomic mass is 16.5. The third kappa shape index (κ3) is 5.47. The maximum Gasteiger partial charge on any atom is 0.222 e. The zero-order chi connectivity index (χ0) is 13.5. The summed E-state index contributed by atoms with van der Waals surface area (Å²) in [6.45, 7) is 4.12. The van der Waals surface area contributed by atoms with Gasteiger partial charge < -0.3 is 19.7 Å². The Kier molecular flexibility index (Phi) is 6.07. The molecular formula is C14H26N2O3. The van der Waals surface area contributed by atoms with Gasteiger partial charge in [-0.05, 0) is 45.8 Å². The SMILES string of the molecule is CN1CCC(NC(=O)CCOCC2CCCO2)CC1. The van der Waals surface area contributed by atoms with Crippen molar-refractivity contribution in [3.8, 4) is 0 Å². The molecule has 2 saturated heterocycles. The lowest BCUT2D eigenvalue weighted by atomic mass is 10.1. The number of rotatable bonds is 6. The van der Waals surface area contributed by atoms with Gasteiger partial charge in [0.2, 0.25) is 5.91 Å². The van der Waals surface area contributed by atoms with Crippen LogP contribution in [0.1, 0.15) is 32.1 Å². The molecule has 2 rings (SSSR count). The van der Waals surface area contributed by atoms with Gasteiger partial charge >= 0.3 is 0 Å². The molecule has 5 nitrogen and oxygen atoms in total. The molecular weight excluding hydrogens is 244 g/mol. The minimum atomic E-state index is 0.113. The van der Waals surface area contributed by atoms with Gasteiger partial charge in [-0.15, -0.1) is 0 Å². The average molecular weight is 270 g/mol. The molecule has 1 N–H and O–H groups in total. The molecule has 0 aromatic heterocycles. The first kappa shape index (κ1) is 14.8. The number of nitrogens with one attached hydrogen (secondary N) is 1. The summed E-state index contributed by atoms with van der Waals surface area (Å²) in [5.41, 5.74) is 0. The van der Waals surface area contributed by atoms with Crippen molar-refractivity contribution in [3.05, 3.63) is 0 Å². The lowest BCUT2D eigenvalue weighted by Gasteiger charge is -2.29. The van der Waals surface area contributed by atoms with Crippen LogP contribution in [0, 0.1) is 0 Å². The van der Waals surface area contributed by atoms with Gasteiger partial charge in [0.05, 0.1) is 19.3 Å². The van der Waals surface area contributed by atoms with Crippen molar-refractivity contribution < 1.29 is 14.3 Å². The maximum absolute atomic E-state index is 11.8. The molecule has 0 aromatic rings. The molecule has 0 aromatic carbocycles. The predicted octanol–water partition coefficient (Wildman–Crippen LogP) is 0.783. The van der Waals surface area contributed by atoms with E-state index in [1.807, 2.05) is 0 Å². The van der Waals surface area contributed by atoms with Gasteiger partial charge in [0.1, 0.15) is 0 Å². The van der Waals surface area contributed by atoms with Crippen LogP contribution in [-0.2, 0) is 14.3 Å². The van der Waals surface area contributed by atoms with Crippen LogP contribution in [0.2, 0.25) is 0 Å². The van der Waals surface area contributed by atoms with Crippen LogP contribution in [0.4, 0.5) is 0 Å². The van der Waals surface area contributed by atoms with Gasteiger partial charge in [0.25, 0.3) is 0 Å². The number of nitrogens with zero attached hydrogens (tertiary/aromatic N) is 1. The average Bonchev–Trinajstić information content (AvgIpc) is 2.91. The third-order valence-electron chi connectivity index (χ3n) is 3.88. The molecule has 5 heteroatoms. The van der Waals surface area contributed by atoms with Crippen LogP contribution in [0.25, 0.3) is 0 Å². The Labute approximate surface area is 115 Å². The summed E-state index contributed by atoms with van der Waals surface area (Å²) in [5, 5.41) is 3.09. The van der Waals surface area contributed by atoms with Gasteiger partial charge in [0, 0.05) is 19.1 Å². The first-order valence-electron chi connectivity index (χ1n) is 7.41. The second-order valence-corrected chi connectivity index (χ2v) is 5.61. The van der Waals surface area contributed by atoms with Crippen molar-refractivity contribution >= 4 is 5.91 Å². The van der Waals surface area contributed by atoms with E-state index < -0.39 is 0 Å². The fourth-order valence-electron chi connectivity index (χ4n) is 2.61. The largest absolute Gasteiger partial charge is 0.378 e. The molecule has 0 bridgehead atoms. The minimum Gasteiger partial charge on any atom is -0.378 e. The monoisotopic (exact) mass is 270 g/mol. The number of amides is 1. The quantitative estimate of drug-likeness (QED) is 0.725. The van der Waals surface area contributed by atoms with E-state index in [4.69, 9.17) is 9.47 Å². The number of ether oxygens (including phenoxy) is 2. The Morgan fingerprint density at radius 3 is 2.84 bits per heavy atom. The molecule has 0 spiro atoms. The van der Waals surface area contributed by atoms with Gasteiger partial charge in [-0.3, -0.25) is 4.79 Å². The number of likely N-dealkylation sites (tertiary alicyclic amines) is 1. The van der Waals surface area contributed by atoms with E-state index in [0.717, 1.165) is 45.4 Å². The number of hydrogen-bond donors (Lipinski definition) is 1. The van der Waals surface area contributed by atoms with E-state index >= 15 is 0 Å². The number of carbonyl (C=O) groups excluding carboxylic acids is 1. The lowest BCUT2D eigenvalue weighted by Crippen LogP contribution is -2.43. The fourth-order valence-corrected chi connectivity index (χ4v) is 2.61. The molecule has 2 fully saturated rings. The first-order chi connectivity index (χ1) is 9.24. The molecule has 0 radical (unpaired) electrons. The van der Waals surface area contributed by atoms with Crippen molar-refractivity contribution in [2.45, 2.75) is 44.2 Å². The Morgan fingerprint density at radius 2 is 2.16 bits per heavy atom. The summed E-state index contributed by atoms with van der Waals surface area (Å²) in [4.78, 5) is 14.1. The number of hydrogen-bond acceptors (Lipinski definition) is 4. The molecule has 19 heavy (non-hydrogen) atoms. The molecule has 110 valence electrons. The Bertz CT molecular complexity index is 272. The van der Waals surface area contributed by atoms with Crippen molar-refractivity contribution in [1.29, 1.82) is 0 Å². The van der Waals surface area contributed by atoms with E-state index in [2.05, 4.69) is 17.3 Å². The summed E-state index contributed by atoms with van der Waals surface area (Å²) in [7, 11) is 2.12. The highest BCUT2D eigenvalue weighted by Gasteiger charge is 2.18. The Hall–Kier alpha value is -0.650. The zero-order valence-corrected chi connectivity index (χ0v) is 11.9. The van der Waals surface area contributed by atoms with Crippen LogP contribution < -0.4 is 5.32 Å². The summed E-state index contributed by atoms with van der Waals surface area (Å²) < 4.78 is 11.0. The standard InChI is InChI=1S/C14H26N2O3/c1-16-7-4-12(5-8-16)15-14(17)6-10-18-11-13-3-2-9-19-13/h12-13H,2-11H2,1H3,(H,15,17). The van der Waals surface area contributed by atoms with Crippen molar-refractivity contribution in [3.63, 3.8) is 0 Å². The van der Waals surface area contributed by atoms with Gasteiger partial charge in [-0.1, -0.05) is 0 Å². The molecule has 1 atom stereocenters. The second-order valence-electron chi connectivity index (χ2n) is 5.61. The first-order valence-corrected chi connectivity index (χ1v) is 7.41. The van der Waals surface area contributed by atoms with Gasteiger partial charge in [0.15, 0.2) is 0 Å². The normalized spacial score (nSPS) is 25.6. The molecule has 0 aliphatic carbocycles. The number of piperidine rings is 1. The highest BCUT2D eigenvalue weighted by molar-refractivity contribution is 5.76. The Morgan fingerprint density at radius 1 is 1.37 bits per heavy atom. The summed E-state index contributed by atoms with van der Waals surface area (Å²) in [6.07, 6.45) is 5.03. The molecule has 1 amide bonds. The summed E-state index contributed by atoms with van der Waals surface area (Å²) in [6, 6.07) is 0.349. The summed E-state index contributed by atoms with van der Waals surface area (Å²) in [5.74, 6) is 0.113. The second kappa shape index (κ2) is 7.82. The molecule has 1 unspecified atom stereocenters. The lowest BCUT2D eigenvalue weighted by molar-refractivity contribution is -0.123. The van der Waals surface area contributed by atoms with Crippen LogP contribution >= 0.6 is 0 Å². The predicted molar refractivity (Wildman–Crippen MR) is 73.1 cm³/mol. The van der Waals surface area contributed by atoms with Gasteiger partial charge in [-0.2, -0.15) is 0 Å². The topological polar surface area (TPSA) is 50.8 Å². The minimum absolute atomic E-state index is 0.113. The van der Waals surface area contributed by atoms with E-state index in [-0.39, 0.29) is 12.0 Å². The van der Waals surface area contributed by atoms with Gasteiger partial charge in [-0.25, -0.2) is 0 Å².